The molecule has 0 aliphatic heterocycles. The number of benzene rings is 1. The van der Waals surface area contributed by atoms with Crippen molar-refractivity contribution in [3.63, 3.8) is 0 Å². The van der Waals surface area contributed by atoms with E-state index in [-0.39, 0.29) is 5.11 Å². The zero-order valence-electron chi connectivity index (χ0n) is 9.02. The average molecular weight is 233 g/mol. The lowest BCUT2D eigenvalue weighted by atomic mass is 9.80. The minimum Gasteiger partial charge on any atom is -0.375 e. The van der Waals surface area contributed by atoms with Crippen molar-refractivity contribution in [2.24, 2.45) is 10.8 Å². The molecule has 0 atom stereocenters. The molecule has 0 heterocycles. The molecule has 2 rings (SSSR count). The predicted molar refractivity (Wildman–Crippen MR) is 70.5 cm³/mol. The van der Waals surface area contributed by atoms with Crippen LogP contribution < -0.4 is 11.2 Å². The van der Waals surface area contributed by atoms with Gasteiger partial charge in [-0.2, -0.15) is 5.10 Å². The van der Waals surface area contributed by atoms with Crippen LogP contribution in [0.25, 0.3) is 0 Å². The molecule has 3 nitrogen and oxygen atoms in total. The normalized spacial score (nSPS) is 16.0. The average Bonchev–Trinajstić information content (AvgIpc) is 2.17. The molecule has 0 aromatic heterocycles. The van der Waals surface area contributed by atoms with Gasteiger partial charge in [0.2, 0.25) is 0 Å². The number of nitrogens with zero attached hydrogens (tertiary/aromatic N) is 1. The molecule has 1 aromatic rings. The van der Waals surface area contributed by atoms with Crippen LogP contribution in [0.2, 0.25) is 0 Å². The fourth-order valence-corrected chi connectivity index (χ4v) is 1.82. The van der Waals surface area contributed by atoms with Crippen molar-refractivity contribution in [2.75, 3.05) is 0 Å². The summed E-state index contributed by atoms with van der Waals surface area (Å²) in [7, 11) is 0. The Hall–Kier alpha value is -1.42. The standard InChI is InChI=1S/C12H15N3S/c13-12(16)15-14-8-9-4-6-11(7-5-9)10-2-1-3-10/h4-8,10H,1-3H2,(H3,13,15,16). The van der Waals surface area contributed by atoms with E-state index >= 15 is 0 Å². The maximum absolute atomic E-state index is 5.25. The second-order valence-electron chi connectivity index (χ2n) is 4.03. The summed E-state index contributed by atoms with van der Waals surface area (Å²) in [6.45, 7) is 0. The topological polar surface area (TPSA) is 50.4 Å². The van der Waals surface area contributed by atoms with Gasteiger partial charge in [-0.25, -0.2) is 0 Å². The molecule has 16 heavy (non-hydrogen) atoms. The molecule has 0 radical (unpaired) electrons. The molecular formula is C12H15N3S. The fraction of sp³-hybridized carbons (Fsp3) is 0.333. The van der Waals surface area contributed by atoms with Crippen LogP contribution in [0.15, 0.2) is 29.4 Å². The molecule has 1 saturated carbocycles. The Kier molecular flexibility index (Phi) is 3.51. The summed E-state index contributed by atoms with van der Waals surface area (Å²) in [5, 5.41) is 4.09. The lowest BCUT2D eigenvalue weighted by Crippen LogP contribution is -2.23. The maximum atomic E-state index is 5.25. The number of thiocarbonyl (C=S) groups is 1. The minimum atomic E-state index is 0.183. The van der Waals surface area contributed by atoms with Gasteiger partial charge in [-0.05, 0) is 42.1 Å². The van der Waals surface area contributed by atoms with Crippen molar-refractivity contribution in [1.82, 2.24) is 5.43 Å². The highest BCUT2D eigenvalue weighted by Gasteiger charge is 2.18. The largest absolute Gasteiger partial charge is 0.375 e. The van der Waals surface area contributed by atoms with Crippen LogP contribution in [0.5, 0.6) is 0 Å². The molecule has 0 amide bonds. The van der Waals surface area contributed by atoms with E-state index in [1.807, 2.05) is 0 Å². The molecule has 1 aliphatic rings. The van der Waals surface area contributed by atoms with Crippen LogP contribution in [-0.2, 0) is 0 Å². The SMILES string of the molecule is NC(=S)NN=Cc1ccc(C2CCC2)cc1. The first-order valence-electron chi connectivity index (χ1n) is 5.44. The van der Waals surface area contributed by atoms with Gasteiger partial charge in [-0.1, -0.05) is 30.7 Å². The van der Waals surface area contributed by atoms with Crippen molar-refractivity contribution >= 4 is 23.5 Å². The Labute approximate surface area is 101 Å². The quantitative estimate of drug-likeness (QED) is 0.477. The highest BCUT2D eigenvalue weighted by Crippen LogP contribution is 2.36. The molecule has 0 saturated heterocycles. The van der Waals surface area contributed by atoms with E-state index < -0.39 is 0 Å². The van der Waals surface area contributed by atoms with Crippen LogP contribution >= 0.6 is 12.2 Å². The van der Waals surface area contributed by atoms with Gasteiger partial charge in [0.15, 0.2) is 5.11 Å². The minimum absolute atomic E-state index is 0.183. The number of nitrogens with one attached hydrogen (secondary N) is 1. The molecule has 1 aromatic carbocycles. The summed E-state index contributed by atoms with van der Waals surface area (Å²) in [5.41, 5.74) is 10.3. The van der Waals surface area contributed by atoms with E-state index in [0.29, 0.717) is 0 Å². The number of hydrogen-bond acceptors (Lipinski definition) is 2. The number of hydrogen-bond donors (Lipinski definition) is 2. The molecule has 1 fully saturated rings. The van der Waals surface area contributed by atoms with E-state index in [4.69, 9.17) is 5.73 Å². The highest BCUT2D eigenvalue weighted by atomic mass is 32.1. The molecular weight excluding hydrogens is 218 g/mol. The summed E-state index contributed by atoms with van der Waals surface area (Å²) < 4.78 is 0. The Morgan fingerprint density at radius 2 is 2.06 bits per heavy atom. The van der Waals surface area contributed by atoms with Gasteiger partial charge < -0.3 is 5.73 Å². The highest BCUT2D eigenvalue weighted by molar-refractivity contribution is 7.80. The van der Waals surface area contributed by atoms with E-state index in [9.17, 15) is 0 Å². The monoisotopic (exact) mass is 233 g/mol. The summed E-state index contributed by atoms with van der Waals surface area (Å²) in [6.07, 6.45) is 5.74. The van der Waals surface area contributed by atoms with Gasteiger partial charge >= 0.3 is 0 Å². The fourth-order valence-electron chi connectivity index (χ4n) is 1.77. The molecule has 0 unspecified atom stereocenters. The van der Waals surface area contributed by atoms with Crippen molar-refractivity contribution < 1.29 is 0 Å². The zero-order chi connectivity index (χ0) is 11.4. The molecule has 0 spiro atoms. The van der Waals surface area contributed by atoms with Crippen molar-refractivity contribution in [1.29, 1.82) is 0 Å². The number of hydrazone groups is 1. The molecule has 1 aliphatic carbocycles. The second-order valence-corrected chi connectivity index (χ2v) is 4.47. The van der Waals surface area contributed by atoms with E-state index in [2.05, 4.69) is 47.0 Å². The van der Waals surface area contributed by atoms with Crippen LogP contribution in [0.4, 0.5) is 0 Å². The Balaban J connectivity index is 1.96. The summed E-state index contributed by atoms with van der Waals surface area (Å²) >= 11 is 4.64. The van der Waals surface area contributed by atoms with Crippen LogP contribution in [-0.4, -0.2) is 11.3 Å². The van der Waals surface area contributed by atoms with Gasteiger partial charge in [0.25, 0.3) is 0 Å². The molecule has 4 heteroatoms. The predicted octanol–water partition coefficient (Wildman–Crippen LogP) is 2.12. The van der Waals surface area contributed by atoms with Crippen molar-refractivity contribution in [2.45, 2.75) is 25.2 Å². The van der Waals surface area contributed by atoms with E-state index in [1.54, 1.807) is 6.21 Å². The van der Waals surface area contributed by atoms with Gasteiger partial charge in [0.05, 0.1) is 6.21 Å². The van der Waals surface area contributed by atoms with Gasteiger partial charge in [-0.3, -0.25) is 5.43 Å². The Morgan fingerprint density at radius 1 is 1.38 bits per heavy atom. The summed E-state index contributed by atoms with van der Waals surface area (Å²) in [6, 6.07) is 8.48. The lowest BCUT2D eigenvalue weighted by molar-refractivity contribution is 0.420. The third-order valence-electron chi connectivity index (χ3n) is 2.90. The maximum Gasteiger partial charge on any atom is 0.184 e. The zero-order valence-corrected chi connectivity index (χ0v) is 9.83. The van der Waals surface area contributed by atoms with E-state index in [0.717, 1.165) is 11.5 Å². The van der Waals surface area contributed by atoms with Gasteiger partial charge in [0, 0.05) is 0 Å². The third kappa shape index (κ3) is 2.79. The molecule has 84 valence electrons. The first-order valence-corrected chi connectivity index (χ1v) is 5.85. The first-order chi connectivity index (χ1) is 7.75. The van der Waals surface area contributed by atoms with Crippen LogP contribution in [0.1, 0.15) is 36.3 Å². The van der Waals surface area contributed by atoms with Gasteiger partial charge in [0.1, 0.15) is 0 Å². The van der Waals surface area contributed by atoms with Gasteiger partial charge in [-0.15, -0.1) is 0 Å². The Morgan fingerprint density at radius 3 is 2.56 bits per heavy atom. The van der Waals surface area contributed by atoms with Crippen molar-refractivity contribution in [3.8, 4) is 0 Å². The smallest absolute Gasteiger partial charge is 0.184 e. The first kappa shape index (κ1) is 11.1. The molecule has 3 N–H and O–H groups in total. The molecule has 0 bridgehead atoms. The number of nitrogens with two attached hydrogens (primary N) is 1. The van der Waals surface area contributed by atoms with Crippen LogP contribution in [0, 0.1) is 0 Å². The lowest BCUT2D eigenvalue weighted by Gasteiger charge is -2.25. The van der Waals surface area contributed by atoms with Crippen molar-refractivity contribution in [3.05, 3.63) is 35.4 Å². The number of rotatable bonds is 3. The van der Waals surface area contributed by atoms with Crippen LogP contribution in [0.3, 0.4) is 0 Å². The Bertz CT molecular complexity index is 393. The summed E-state index contributed by atoms with van der Waals surface area (Å²) in [5.74, 6) is 0.778. The summed E-state index contributed by atoms with van der Waals surface area (Å²) in [4.78, 5) is 0. The van der Waals surface area contributed by atoms with E-state index in [1.165, 1.54) is 24.8 Å². The third-order valence-corrected chi connectivity index (χ3v) is 2.99. The second kappa shape index (κ2) is 5.07.